The van der Waals surface area contributed by atoms with Crippen LogP contribution in [-0.2, 0) is 9.53 Å². The number of ether oxygens (including phenoxy) is 1. The number of allylic oxidation sites excluding steroid dienone is 1. The van der Waals surface area contributed by atoms with E-state index in [9.17, 15) is 20.0 Å². The molecular formula is C28H25N3O6S. The van der Waals surface area contributed by atoms with Gasteiger partial charge < -0.3 is 14.4 Å². The standard InChI is InChI=1S/C28H25N3O6S/c1-4-36-27(33)24-17(3)29-28-30(25(24)18-8-6-5-7-9-18)26(32)23(38-28)15-20-12-13-22(37-20)19-11-10-16(2)21(14-19)31(34)35/h5-15,25,31,34H,4H2,1-3H3/b23-15-. The first kappa shape index (κ1) is 25.6. The van der Waals surface area contributed by atoms with Crippen LogP contribution in [0.4, 0.5) is 5.69 Å². The fourth-order valence-electron chi connectivity index (χ4n) is 4.46. The van der Waals surface area contributed by atoms with Crippen LogP contribution in [0.1, 0.15) is 36.8 Å². The Morgan fingerprint density at radius 2 is 1.97 bits per heavy atom. The number of thiazole rings is 1. The largest absolute Gasteiger partial charge is 0.595 e. The lowest BCUT2D eigenvalue weighted by Gasteiger charge is -2.24. The minimum atomic E-state index is -1.01. The molecule has 2 unspecified atom stereocenters. The van der Waals surface area contributed by atoms with Gasteiger partial charge >= 0.3 is 5.97 Å². The zero-order valence-corrected chi connectivity index (χ0v) is 21.7. The Labute approximate surface area is 221 Å². The number of benzene rings is 2. The second kappa shape index (κ2) is 10.3. The number of aryl methyl sites for hydroxylation is 1. The van der Waals surface area contributed by atoms with Crippen molar-refractivity contribution in [1.82, 2.24) is 4.57 Å². The quantitative estimate of drug-likeness (QED) is 0.292. The van der Waals surface area contributed by atoms with Crippen LogP contribution >= 0.6 is 11.3 Å². The van der Waals surface area contributed by atoms with E-state index in [2.05, 4.69) is 4.99 Å². The Morgan fingerprint density at radius 1 is 1.21 bits per heavy atom. The molecule has 10 heteroatoms. The van der Waals surface area contributed by atoms with Gasteiger partial charge in [0, 0.05) is 23.3 Å². The molecule has 194 valence electrons. The van der Waals surface area contributed by atoms with E-state index in [1.54, 1.807) is 57.2 Å². The van der Waals surface area contributed by atoms with Gasteiger partial charge in [-0.1, -0.05) is 53.8 Å². The molecule has 0 radical (unpaired) electrons. The smallest absolute Gasteiger partial charge is 0.338 e. The first-order valence-electron chi connectivity index (χ1n) is 12.0. The SMILES string of the molecule is CCOC(=O)C1=C(C)N=c2s/c(=C\c3ccc(-c4ccc(C)c([NH+]([O-])O)c4)o3)c(=O)n2C1c1ccccc1. The number of hydrogen-bond donors (Lipinski definition) is 2. The van der Waals surface area contributed by atoms with Crippen LogP contribution in [0.2, 0.25) is 0 Å². The maximum atomic E-state index is 13.7. The number of furan rings is 1. The number of nitrogens with zero attached hydrogens (tertiary/aromatic N) is 2. The maximum absolute atomic E-state index is 13.7. The van der Waals surface area contributed by atoms with Crippen molar-refractivity contribution in [3.8, 4) is 11.3 Å². The number of aromatic nitrogens is 1. The average Bonchev–Trinajstić information content (AvgIpc) is 3.48. The van der Waals surface area contributed by atoms with E-state index < -0.39 is 17.2 Å². The molecule has 0 fully saturated rings. The van der Waals surface area contributed by atoms with Crippen molar-refractivity contribution in [3.05, 3.63) is 114 Å². The zero-order chi connectivity index (χ0) is 27.0. The first-order chi connectivity index (χ1) is 18.3. The van der Waals surface area contributed by atoms with E-state index in [4.69, 9.17) is 9.15 Å². The van der Waals surface area contributed by atoms with Gasteiger partial charge in [-0.3, -0.25) is 9.36 Å². The highest BCUT2D eigenvalue weighted by Crippen LogP contribution is 2.30. The molecule has 0 saturated heterocycles. The van der Waals surface area contributed by atoms with Crippen molar-refractivity contribution in [3.63, 3.8) is 0 Å². The third-order valence-corrected chi connectivity index (χ3v) is 7.27. The molecule has 0 spiro atoms. The van der Waals surface area contributed by atoms with Gasteiger partial charge in [0.15, 0.2) is 10.5 Å². The second-order valence-corrected chi connectivity index (χ2v) is 9.76. The van der Waals surface area contributed by atoms with E-state index in [-0.39, 0.29) is 17.9 Å². The molecule has 4 aromatic rings. The van der Waals surface area contributed by atoms with E-state index in [1.807, 2.05) is 30.3 Å². The molecule has 38 heavy (non-hydrogen) atoms. The fourth-order valence-corrected chi connectivity index (χ4v) is 5.49. The number of carbonyl (C=O) groups excluding carboxylic acids is 1. The van der Waals surface area contributed by atoms with Crippen molar-refractivity contribution in [2.75, 3.05) is 6.61 Å². The van der Waals surface area contributed by atoms with Crippen LogP contribution in [0.15, 0.2) is 86.1 Å². The summed E-state index contributed by atoms with van der Waals surface area (Å²) in [5.74, 6) is 0.404. The molecule has 0 aliphatic carbocycles. The Morgan fingerprint density at radius 3 is 2.68 bits per heavy atom. The van der Waals surface area contributed by atoms with Crippen LogP contribution in [-0.4, -0.2) is 22.4 Å². The van der Waals surface area contributed by atoms with Crippen LogP contribution in [0, 0.1) is 12.1 Å². The number of hydrogen-bond acceptors (Lipinski definition) is 8. The summed E-state index contributed by atoms with van der Waals surface area (Å²) in [7, 11) is 0. The molecule has 2 aromatic heterocycles. The molecule has 3 heterocycles. The highest BCUT2D eigenvalue weighted by Gasteiger charge is 2.33. The van der Waals surface area contributed by atoms with Crippen molar-refractivity contribution in [2.24, 2.45) is 4.99 Å². The van der Waals surface area contributed by atoms with Gasteiger partial charge in [-0.15, -0.1) is 0 Å². The molecule has 2 aromatic carbocycles. The van der Waals surface area contributed by atoms with Gasteiger partial charge in [0.25, 0.3) is 5.56 Å². The Hall–Kier alpha value is -4.09. The van der Waals surface area contributed by atoms with Crippen LogP contribution < -0.4 is 20.1 Å². The van der Waals surface area contributed by atoms with Gasteiger partial charge in [-0.2, -0.15) is 5.23 Å². The van der Waals surface area contributed by atoms with Crippen molar-refractivity contribution in [1.29, 1.82) is 0 Å². The summed E-state index contributed by atoms with van der Waals surface area (Å²) >= 11 is 1.20. The van der Waals surface area contributed by atoms with Crippen LogP contribution in [0.3, 0.4) is 0 Å². The Bertz CT molecular complexity index is 1730. The molecule has 2 atom stereocenters. The molecule has 1 aliphatic rings. The molecule has 0 bridgehead atoms. The van der Waals surface area contributed by atoms with E-state index in [0.717, 1.165) is 5.56 Å². The number of nitrogens with one attached hydrogen (secondary N) is 1. The topological polar surface area (TPSA) is 122 Å². The summed E-state index contributed by atoms with van der Waals surface area (Å²) in [4.78, 5) is 31.6. The fraction of sp³-hybridized carbons (Fsp3) is 0.179. The number of fused-ring (bicyclic) bond motifs is 1. The summed E-state index contributed by atoms with van der Waals surface area (Å²) in [6.07, 6.45) is 1.63. The average molecular weight is 532 g/mol. The highest BCUT2D eigenvalue weighted by molar-refractivity contribution is 7.07. The molecule has 0 amide bonds. The van der Waals surface area contributed by atoms with Gasteiger partial charge in [-0.25, -0.2) is 15.0 Å². The third kappa shape index (κ3) is 4.66. The zero-order valence-electron chi connectivity index (χ0n) is 20.9. The molecule has 1 aliphatic heterocycles. The number of esters is 1. The Balaban J connectivity index is 1.60. The molecular weight excluding hydrogens is 506 g/mol. The third-order valence-electron chi connectivity index (χ3n) is 6.28. The van der Waals surface area contributed by atoms with Gasteiger partial charge in [0.1, 0.15) is 11.5 Å². The number of rotatable bonds is 6. The summed E-state index contributed by atoms with van der Waals surface area (Å²) in [6.45, 7) is 5.41. The minimum absolute atomic E-state index is 0.197. The minimum Gasteiger partial charge on any atom is -0.595 e. The normalized spacial score (nSPS) is 16.2. The van der Waals surface area contributed by atoms with Crippen molar-refractivity contribution in [2.45, 2.75) is 26.8 Å². The lowest BCUT2D eigenvalue weighted by atomic mass is 9.96. The molecule has 9 nitrogen and oxygen atoms in total. The van der Waals surface area contributed by atoms with Crippen molar-refractivity contribution < 1.29 is 24.4 Å². The van der Waals surface area contributed by atoms with Gasteiger partial charge in [-0.05, 0) is 38.5 Å². The van der Waals surface area contributed by atoms with Gasteiger partial charge in [0.2, 0.25) is 0 Å². The summed E-state index contributed by atoms with van der Waals surface area (Å²) < 4.78 is 13.2. The van der Waals surface area contributed by atoms with E-state index in [0.29, 0.717) is 43.3 Å². The predicted molar refractivity (Wildman–Crippen MR) is 141 cm³/mol. The Kier molecular flexibility index (Phi) is 6.96. The molecule has 5 rings (SSSR count). The van der Waals surface area contributed by atoms with Crippen molar-refractivity contribution >= 4 is 29.1 Å². The number of carbonyl (C=O) groups is 1. The maximum Gasteiger partial charge on any atom is 0.338 e. The van der Waals surface area contributed by atoms with E-state index >= 15 is 0 Å². The lowest BCUT2D eigenvalue weighted by molar-refractivity contribution is -0.991. The summed E-state index contributed by atoms with van der Waals surface area (Å²) in [6, 6.07) is 17.2. The first-order valence-corrected chi connectivity index (χ1v) is 12.8. The molecule has 2 N–H and O–H groups in total. The second-order valence-electron chi connectivity index (χ2n) is 8.75. The van der Waals surface area contributed by atoms with E-state index in [1.165, 1.54) is 15.9 Å². The monoisotopic (exact) mass is 531 g/mol. The lowest BCUT2D eigenvalue weighted by Crippen LogP contribution is -2.99. The van der Waals surface area contributed by atoms with Crippen LogP contribution in [0.5, 0.6) is 0 Å². The summed E-state index contributed by atoms with van der Waals surface area (Å²) in [5, 5.41) is 20.0. The molecule has 0 saturated carbocycles. The van der Waals surface area contributed by atoms with Gasteiger partial charge in [0.05, 0.1) is 28.5 Å². The van der Waals surface area contributed by atoms with Crippen LogP contribution in [0.25, 0.3) is 17.4 Å². The number of quaternary nitrogens is 1. The highest BCUT2D eigenvalue weighted by atomic mass is 32.1. The summed E-state index contributed by atoms with van der Waals surface area (Å²) in [5.41, 5.74) is 2.75. The predicted octanol–water partition coefficient (Wildman–Crippen LogP) is 2.77.